The Labute approximate surface area is 112 Å². The van der Waals surface area contributed by atoms with E-state index < -0.39 is 16.3 Å². The van der Waals surface area contributed by atoms with Crippen molar-refractivity contribution in [2.45, 2.75) is 32.9 Å². The predicted octanol–water partition coefficient (Wildman–Crippen LogP) is -0.00588. The molecule has 0 amide bonds. The lowest BCUT2D eigenvalue weighted by atomic mass is 10.3. The van der Waals surface area contributed by atoms with Gasteiger partial charge in [0.25, 0.3) is 10.2 Å². The summed E-state index contributed by atoms with van der Waals surface area (Å²) in [6.45, 7) is 6.25. The van der Waals surface area contributed by atoms with Gasteiger partial charge in [0.05, 0.1) is 18.8 Å². The van der Waals surface area contributed by atoms with Crippen LogP contribution in [0.2, 0.25) is 0 Å². The minimum absolute atomic E-state index is 0.104. The second-order valence-electron chi connectivity index (χ2n) is 4.56. The van der Waals surface area contributed by atoms with Gasteiger partial charge in [0.15, 0.2) is 5.82 Å². The van der Waals surface area contributed by atoms with Gasteiger partial charge in [-0.25, -0.2) is 0 Å². The molecule has 0 saturated carbocycles. The summed E-state index contributed by atoms with van der Waals surface area (Å²) in [5, 5.41) is 3.70. The molecule has 1 aliphatic heterocycles. The van der Waals surface area contributed by atoms with Gasteiger partial charge in [0.2, 0.25) is 5.89 Å². The maximum absolute atomic E-state index is 12.2. The molecule has 1 saturated heterocycles. The number of nitrogens with zero attached hydrogens (tertiary/aromatic N) is 3. The highest BCUT2D eigenvalue weighted by Gasteiger charge is 2.29. The smallest absolute Gasteiger partial charge is 0.280 e. The zero-order chi connectivity index (χ0) is 14.0. The molecule has 2 heterocycles. The lowest BCUT2D eigenvalue weighted by Crippen LogP contribution is -2.49. The topological polar surface area (TPSA) is 97.6 Å². The molecule has 9 heteroatoms. The fourth-order valence-corrected chi connectivity index (χ4v) is 3.27. The normalized spacial score (nSPS) is 23.4. The van der Waals surface area contributed by atoms with Crippen molar-refractivity contribution < 1.29 is 17.7 Å². The number of hydrogen-bond donors (Lipinski definition) is 1. The van der Waals surface area contributed by atoms with Crippen LogP contribution >= 0.6 is 0 Å². The highest BCUT2D eigenvalue weighted by Crippen LogP contribution is 2.13. The van der Waals surface area contributed by atoms with E-state index in [4.69, 9.17) is 9.26 Å². The Morgan fingerprint density at radius 2 is 2.26 bits per heavy atom. The molecule has 0 spiro atoms. The SMILES string of the molecule is Cc1nc([C@H](C)NS(=O)(=O)N2CCO[C@@H](C)C2)no1. The molecular weight excluding hydrogens is 272 g/mol. The van der Waals surface area contributed by atoms with Crippen LogP contribution in [0.1, 0.15) is 31.6 Å². The van der Waals surface area contributed by atoms with Gasteiger partial charge in [-0.2, -0.15) is 22.4 Å². The molecule has 0 radical (unpaired) electrons. The van der Waals surface area contributed by atoms with E-state index in [1.54, 1.807) is 13.8 Å². The van der Waals surface area contributed by atoms with Gasteiger partial charge in [-0.3, -0.25) is 0 Å². The van der Waals surface area contributed by atoms with Crippen molar-refractivity contribution in [2.75, 3.05) is 19.7 Å². The Morgan fingerprint density at radius 3 is 2.84 bits per heavy atom. The van der Waals surface area contributed by atoms with Crippen molar-refractivity contribution in [3.05, 3.63) is 11.7 Å². The summed E-state index contributed by atoms with van der Waals surface area (Å²) in [7, 11) is -3.57. The summed E-state index contributed by atoms with van der Waals surface area (Å²) < 4.78 is 38.4. The Bertz CT molecular complexity index is 529. The van der Waals surface area contributed by atoms with Gasteiger partial charge in [0, 0.05) is 20.0 Å². The van der Waals surface area contributed by atoms with Crippen molar-refractivity contribution in [3.8, 4) is 0 Å². The first-order valence-corrected chi connectivity index (χ1v) is 7.51. The van der Waals surface area contributed by atoms with E-state index in [1.165, 1.54) is 4.31 Å². The Hall–Kier alpha value is -1.03. The lowest BCUT2D eigenvalue weighted by molar-refractivity contribution is 0.00967. The van der Waals surface area contributed by atoms with E-state index in [-0.39, 0.29) is 6.10 Å². The summed E-state index contributed by atoms with van der Waals surface area (Å²) in [6, 6.07) is -0.541. The number of hydrogen-bond acceptors (Lipinski definition) is 6. The van der Waals surface area contributed by atoms with E-state index in [1.807, 2.05) is 6.92 Å². The first kappa shape index (κ1) is 14.4. The first-order valence-electron chi connectivity index (χ1n) is 6.07. The predicted molar refractivity (Wildman–Crippen MR) is 66.5 cm³/mol. The number of ether oxygens (including phenoxy) is 1. The molecule has 1 fully saturated rings. The molecule has 8 nitrogen and oxygen atoms in total. The van der Waals surface area contributed by atoms with Crippen LogP contribution in [0, 0.1) is 6.92 Å². The van der Waals surface area contributed by atoms with Gasteiger partial charge in [0.1, 0.15) is 0 Å². The minimum Gasteiger partial charge on any atom is -0.376 e. The maximum atomic E-state index is 12.2. The molecule has 0 aromatic carbocycles. The molecule has 1 aliphatic rings. The molecule has 19 heavy (non-hydrogen) atoms. The van der Waals surface area contributed by atoms with Crippen LogP contribution in [0.15, 0.2) is 4.52 Å². The number of morpholine rings is 1. The van der Waals surface area contributed by atoms with Crippen molar-refractivity contribution in [1.82, 2.24) is 19.2 Å². The summed E-state index contributed by atoms with van der Waals surface area (Å²) in [6.07, 6.45) is -0.104. The second-order valence-corrected chi connectivity index (χ2v) is 6.26. The number of nitrogens with one attached hydrogen (secondary N) is 1. The maximum Gasteiger partial charge on any atom is 0.280 e. The molecule has 0 aliphatic carbocycles. The minimum atomic E-state index is -3.57. The first-order chi connectivity index (χ1) is 8.88. The van der Waals surface area contributed by atoms with Gasteiger partial charge in [-0.15, -0.1) is 0 Å². The summed E-state index contributed by atoms with van der Waals surface area (Å²) in [4.78, 5) is 4.01. The average Bonchev–Trinajstić information content (AvgIpc) is 2.75. The number of aryl methyl sites for hydroxylation is 1. The van der Waals surface area contributed by atoms with Crippen molar-refractivity contribution >= 4 is 10.2 Å². The van der Waals surface area contributed by atoms with Crippen LogP contribution in [0.3, 0.4) is 0 Å². The molecule has 1 N–H and O–H groups in total. The summed E-state index contributed by atoms with van der Waals surface area (Å²) >= 11 is 0. The Balaban J connectivity index is 2.04. The van der Waals surface area contributed by atoms with Gasteiger partial charge in [-0.1, -0.05) is 5.16 Å². The lowest BCUT2D eigenvalue weighted by Gasteiger charge is -2.30. The molecule has 0 bridgehead atoms. The second kappa shape index (κ2) is 5.53. The van der Waals surface area contributed by atoms with Gasteiger partial charge >= 0.3 is 0 Å². The van der Waals surface area contributed by atoms with Crippen LogP contribution in [0.25, 0.3) is 0 Å². The molecule has 1 aromatic heterocycles. The van der Waals surface area contributed by atoms with Crippen molar-refractivity contribution in [3.63, 3.8) is 0 Å². The van der Waals surface area contributed by atoms with Crippen molar-refractivity contribution in [1.29, 1.82) is 0 Å². The standard InChI is InChI=1S/C10H18N4O4S/c1-7-6-14(4-5-17-7)19(15,16)13-8(2)10-11-9(3)18-12-10/h7-8,13H,4-6H2,1-3H3/t7-,8-/m0/s1. The monoisotopic (exact) mass is 290 g/mol. The average molecular weight is 290 g/mol. The largest absolute Gasteiger partial charge is 0.376 e. The number of aromatic nitrogens is 2. The van der Waals surface area contributed by atoms with Crippen LogP contribution in [0.4, 0.5) is 0 Å². The molecule has 108 valence electrons. The molecule has 2 atom stereocenters. The highest BCUT2D eigenvalue weighted by atomic mass is 32.2. The summed E-state index contributed by atoms with van der Waals surface area (Å²) in [5.74, 6) is 0.725. The van der Waals surface area contributed by atoms with Crippen LogP contribution in [0.5, 0.6) is 0 Å². The fraction of sp³-hybridized carbons (Fsp3) is 0.800. The van der Waals surface area contributed by atoms with Crippen LogP contribution in [-0.4, -0.2) is 48.7 Å². The van der Waals surface area contributed by atoms with E-state index in [2.05, 4.69) is 14.9 Å². The molecule has 0 unspecified atom stereocenters. The zero-order valence-electron chi connectivity index (χ0n) is 11.2. The third-order valence-corrected chi connectivity index (χ3v) is 4.46. The number of rotatable bonds is 4. The Morgan fingerprint density at radius 1 is 1.53 bits per heavy atom. The van der Waals surface area contributed by atoms with E-state index in [0.29, 0.717) is 31.4 Å². The van der Waals surface area contributed by atoms with E-state index in [0.717, 1.165) is 0 Å². The molecular formula is C10H18N4O4S. The highest BCUT2D eigenvalue weighted by molar-refractivity contribution is 7.87. The third kappa shape index (κ3) is 3.50. The Kier molecular flexibility index (Phi) is 4.19. The molecule has 1 aromatic rings. The van der Waals surface area contributed by atoms with Crippen LogP contribution in [-0.2, 0) is 14.9 Å². The van der Waals surface area contributed by atoms with E-state index in [9.17, 15) is 8.42 Å². The zero-order valence-corrected chi connectivity index (χ0v) is 12.0. The van der Waals surface area contributed by atoms with Crippen molar-refractivity contribution in [2.24, 2.45) is 0 Å². The quantitative estimate of drug-likeness (QED) is 0.838. The van der Waals surface area contributed by atoms with Crippen LogP contribution < -0.4 is 4.72 Å². The van der Waals surface area contributed by atoms with Gasteiger partial charge < -0.3 is 9.26 Å². The molecule has 2 rings (SSSR count). The van der Waals surface area contributed by atoms with Gasteiger partial charge in [-0.05, 0) is 13.8 Å². The summed E-state index contributed by atoms with van der Waals surface area (Å²) in [5.41, 5.74) is 0. The van der Waals surface area contributed by atoms with E-state index >= 15 is 0 Å². The fourth-order valence-electron chi connectivity index (χ4n) is 1.85. The third-order valence-electron chi connectivity index (χ3n) is 2.80.